The average molecular weight is 510 g/mol. The van der Waals surface area contributed by atoms with Gasteiger partial charge in [-0.2, -0.15) is 0 Å². The van der Waals surface area contributed by atoms with E-state index in [2.05, 4.69) is 4.99 Å². The molecule has 0 radical (unpaired) electrons. The van der Waals surface area contributed by atoms with Gasteiger partial charge < -0.3 is 18.9 Å². The lowest BCUT2D eigenvalue weighted by Gasteiger charge is -2.06. The first-order chi connectivity index (χ1) is 18.5. The van der Waals surface area contributed by atoms with Gasteiger partial charge in [-0.25, -0.2) is 9.59 Å². The van der Waals surface area contributed by atoms with Crippen LogP contribution in [0.15, 0.2) is 102 Å². The van der Waals surface area contributed by atoms with Gasteiger partial charge in [0.25, 0.3) is 0 Å². The zero-order valence-electron chi connectivity index (χ0n) is 21.1. The van der Waals surface area contributed by atoms with E-state index in [0.717, 1.165) is 5.56 Å². The van der Waals surface area contributed by atoms with Crippen molar-refractivity contribution in [3.8, 4) is 23.0 Å². The number of aliphatic imine (C=N–C) groups is 1. The number of benzene rings is 4. The second-order valence-corrected chi connectivity index (χ2v) is 8.01. The van der Waals surface area contributed by atoms with E-state index < -0.39 is 11.9 Å². The quantitative estimate of drug-likeness (QED) is 0.135. The molecule has 0 atom stereocenters. The van der Waals surface area contributed by atoms with Crippen LogP contribution in [0.3, 0.4) is 0 Å². The number of carbonyl (C=O) groups excluding carboxylic acids is 2. The van der Waals surface area contributed by atoms with Crippen molar-refractivity contribution in [3.05, 3.63) is 114 Å². The maximum Gasteiger partial charge on any atom is 0.343 e. The molecule has 4 rings (SSSR count). The van der Waals surface area contributed by atoms with E-state index in [1.807, 2.05) is 13.8 Å². The summed E-state index contributed by atoms with van der Waals surface area (Å²) in [5.74, 6) is 1.35. The summed E-state index contributed by atoms with van der Waals surface area (Å²) in [5.41, 5.74) is 2.39. The molecule has 38 heavy (non-hydrogen) atoms. The third-order valence-corrected chi connectivity index (χ3v) is 5.30. The van der Waals surface area contributed by atoms with Gasteiger partial charge in [-0.05, 0) is 116 Å². The smallest absolute Gasteiger partial charge is 0.343 e. The zero-order valence-corrected chi connectivity index (χ0v) is 21.1. The lowest BCUT2D eigenvalue weighted by atomic mass is 10.2. The average Bonchev–Trinajstić information content (AvgIpc) is 2.94. The van der Waals surface area contributed by atoms with Gasteiger partial charge in [0.05, 0.1) is 30.0 Å². The molecule has 0 aromatic heterocycles. The Morgan fingerprint density at radius 3 is 1.39 bits per heavy atom. The summed E-state index contributed by atoms with van der Waals surface area (Å²) in [6.07, 6.45) is 1.69. The van der Waals surface area contributed by atoms with E-state index in [1.54, 1.807) is 103 Å². The first-order valence-corrected chi connectivity index (χ1v) is 12.2. The van der Waals surface area contributed by atoms with Gasteiger partial charge in [-0.1, -0.05) is 0 Å². The lowest BCUT2D eigenvalue weighted by molar-refractivity contribution is 0.0725. The van der Waals surface area contributed by atoms with E-state index in [1.165, 1.54) is 0 Å². The molecule has 4 aromatic rings. The van der Waals surface area contributed by atoms with Crippen LogP contribution in [-0.2, 0) is 0 Å². The summed E-state index contributed by atoms with van der Waals surface area (Å²) in [7, 11) is 0. The largest absolute Gasteiger partial charge is 0.494 e. The number of ether oxygens (including phenoxy) is 4. The number of rotatable bonds is 10. The van der Waals surface area contributed by atoms with Crippen molar-refractivity contribution < 1.29 is 28.5 Å². The van der Waals surface area contributed by atoms with Crippen LogP contribution in [0.25, 0.3) is 0 Å². The molecule has 4 aromatic carbocycles. The van der Waals surface area contributed by atoms with Crippen molar-refractivity contribution in [2.45, 2.75) is 13.8 Å². The van der Waals surface area contributed by atoms with Crippen LogP contribution in [-0.4, -0.2) is 31.4 Å². The van der Waals surface area contributed by atoms with Gasteiger partial charge >= 0.3 is 11.9 Å². The fourth-order valence-corrected chi connectivity index (χ4v) is 3.41. The molecule has 7 heteroatoms. The Morgan fingerprint density at radius 1 is 0.579 bits per heavy atom. The predicted octanol–water partition coefficient (Wildman–Crippen LogP) is 6.67. The highest BCUT2D eigenvalue weighted by Crippen LogP contribution is 2.21. The lowest BCUT2D eigenvalue weighted by Crippen LogP contribution is -2.08. The molecular weight excluding hydrogens is 482 g/mol. The molecule has 0 saturated carbocycles. The minimum absolute atomic E-state index is 0.418. The highest BCUT2D eigenvalue weighted by Gasteiger charge is 2.10. The summed E-state index contributed by atoms with van der Waals surface area (Å²) in [4.78, 5) is 29.2. The Balaban J connectivity index is 1.30. The zero-order chi connectivity index (χ0) is 26.7. The van der Waals surface area contributed by atoms with Crippen LogP contribution in [0.4, 0.5) is 5.69 Å². The molecule has 0 amide bonds. The first-order valence-electron chi connectivity index (χ1n) is 12.2. The predicted molar refractivity (Wildman–Crippen MR) is 145 cm³/mol. The number of hydrogen-bond donors (Lipinski definition) is 0. The number of nitrogens with zero attached hydrogens (tertiary/aromatic N) is 1. The van der Waals surface area contributed by atoms with Crippen molar-refractivity contribution in [1.29, 1.82) is 0 Å². The van der Waals surface area contributed by atoms with Gasteiger partial charge in [0, 0.05) is 6.21 Å². The van der Waals surface area contributed by atoms with Gasteiger partial charge in [0.1, 0.15) is 23.0 Å². The van der Waals surface area contributed by atoms with E-state index in [9.17, 15) is 9.59 Å². The molecule has 192 valence electrons. The maximum absolute atomic E-state index is 12.4. The van der Waals surface area contributed by atoms with E-state index in [-0.39, 0.29) is 0 Å². The van der Waals surface area contributed by atoms with Crippen molar-refractivity contribution in [2.75, 3.05) is 13.2 Å². The fourth-order valence-electron chi connectivity index (χ4n) is 3.41. The second-order valence-electron chi connectivity index (χ2n) is 8.01. The summed E-state index contributed by atoms with van der Waals surface area (Å²) >= 11 is 0. The SMILES string of the molecule is CCOc1ccc(C(=O)Oc2ccc(C=Nc3ccc(OC(=O)c4ccc(OCC)cc4)cc3)cc2)cc1. The van der Waals surface area contributed by atoms with Crippen molar-refractivity contribution in [2.24, 2.45) is 4.99 Å². The van der Waals surface area contributed by atoms with Crippen LogP contribution < -0.4 is 18.9 Å². The normalized spacial score (nSPS) is 10.7. The molecule has 0 unspecified atom stereocenters. The molecular formula is C31H27NO6. The third-order valence-electron chi connectivity index (χ3n) is 5.30. The van der Waals surface area contributed by atoms with Crippen molar-refractivity contribution >= 4 is 23.8 Å². The Kier molecular flexibility index (Phi) is 8.86. The molecule has 0 spiro atoms. The Bertz CT molecular complexity index is 1270. The minimum Gasteiger partial charge on any atom is -0.494 e. The van der Waals surface area contributed by atoms with Crippen LogP contribution >= 0.6 is 0 Å². The topological polar surface area (TPSA) is 83.4 Å². The summed E-state index contributed by atoms with van der Waals surface area (Å²) in [5, 5.41) is 0. The molecule has 0 N–H and O–H groups in total. The molecule has 0 saturated heterocycles. The van der Waals surface area contributed by atoms with Crippen molar-refractivity contribution in [1.82, 2.24) is 0 Å². The van der Waals surface area contributed by atoms with Gasteiger partial charge in [0.2, 0.25) is 0 Å². The number of hydrogen-bond acceptors (Lipinski definition) is 7. The molecule has 0 heterocycles. The molecule has 0 bridgehead atoms. The van der Waals surface area contributed by atoms with Gasteiger partial charge in [-0.15, -0.1) is 0 Å². The summed E-state index contributed by atoms with van der Waals surface area (Å²) < 4.78 is 21.6. The Morgan fingerprint density at radius 2 is 0.974 bits per heavy atom. The molecule has 0 fully saturated rings. The molecule has 7 nitrogen and oxygen atoms in total. The van der Waals surface area contributed by atoms with E-state index in [4.69, 9.17) is 18.9 Å². The van der Waals surface area contributed by atoms with Crippen molar-refractivity contribution in [3.63, 3.8) is 0 Å². The van der Waals surface area contributed by atoms with Crippen LogP contribution in [0.1, 0.15) is 40.1 Å². The minimum atomic E-state index is -0.451. The summed E-state index contributed by atoms with van der Waals surface area (Å²) in [6.45, 7) is 4.92. The third kappa shape index (κ3) is 7.30. The van der Waals surface area contributed by atoms with E-state index in [0.29, 0.717) is 53.0 Å². The van der Waals surface area contributed by atoms with E-state index >= 15 is 0 Å². The maximum atomic E-state index is 12.4. The fraction of sp³-hybridized carbons (Fsp3) is 0.129. The number of carbonyl (C=O) groups is 2. The van der Waals surface area contributed by atoms with Crippen LogP contribution in [0.2, 0.25) is 0 Å². The standard InChI is InChI=1S/C31H27NO6/c1-3-35-26-15-7-23(8-16-26)30(33)37-28-13-5-22(6-14-28)21-32-25-11-19-29(20-12-25)38-31(34)24-9-17-27(18-10-24)36-4-2/h5-21H,3-4H2,1-2H3. The van der Waals surface area contributed by atoms with Gasteiger partial charge in [0.15, 0.2) is 0 Å². The van der Waals surface area contributed by atoms with Gasteiger partial charge in [-0.3, -0.25) is 4.99 Å². The van der Waals surface area contributed by atoms with Crippen LogP contribution in [0.5, 0.6) is 23.0 Å². The number of esters is 2. The highest BCUT2D eigenvalue weighted by molar-refractivity contribution is 5.92. The Labute approximate surface area is 221 Å². The molecule has 0 aliphatic rings. The second kappa shape index (κ2) is 12.9. The first kappa shape index (κ1) is 26.2. The molecule has 0 aliphatic carbocycles. The molecule has 0 aliphatic heterocycles. The monoisotopic (exact) mass is 509 g/mol. The summed E-state index contributed by atoms with van der Waals surface area (Å²) in [6, 6.07) is 27.5. The highest BCUT2D eigenvalue weighted by atomic mass is 16.5. The Hall–Kier alpha value is -4.91. The van der Waals surface area contributed by atoms with Crippen LogP contribution in [0, 0.1) is 0 Å².